The number of fused-ring (bicyclic) bond motifs is 1. The van der Waals surface area contributed by atoms with Crippen LogP contribution in [0, 0.1) is 0 Å². The molecule has 0 aromatic heterocycles. The number of quaternary nitrogens is 1. The predicted molar refractivity (Wildman–Crippen MR) is 48.4 cm³/mol. The largest absolute Gasteiger partial charge is 0.388 e. The summed E-state index contributed by atoms with van der Waals surface area (Å²) >= 11 is 0. The molecule has 2 aliphatic heterocycles. The van der Waals surface area contributed by atoms with Crippen molar-refractivity contribution in [2.24, 2.45) is 0 Å². The zero-order chi connectivity index (χ0) is 10.5. The highest BCUT2D eigenvalue weighted by atomic mass is 16.7. The number of aliphatic hydroxyl groups excluding tert-OH is 2. The van der Waals surface area contributed by atoms with E-state index < -0.39 is 12.4 Å². The molecule has 14 heavy (non-hydrogen) atoms. The normalized spacial score (nSPS) is 48.2. The molecule has 2 heterocycles. The van der Waals surface area contributed by atoms with Crippen LogP contribution in [-0.2, 0) is 9.47 Å². The van der Waals surface area contributed by atoms with Crippen LogP contribution in [0.2, 0.25) is 0 Å². The number of aliphatic hydroxyl groups is 2. The van der Waals surface area contributed by atoms with Crippen molar-refractivity contribution in [2.75, 3.05) is 27.7 Å². The first-order valence-corrected chi connectivity index (χ1v) is 4.85. The van der Waals surface area contributed by atoms with E-state index >= 15 is 0 Å². The monoisotopic (exact) mass is 204 g/mol. The summed E-state index contributed by atoms with van der Waals surface area (Å²) in [6.07, 6.45) is -2.02. The smallest absolute Gasteiger partial charge is 0.211 e. The highest BCUT2D eigenvalue weighted by Gasteiger charge is 2.57. The quantitative estimate of drug-likeness (QED) is 0.512. The third-order valence-electron chi connectivity index (χ3n) is 2.98. The molecule has 2 N–H and O–H groups in total. The minimum Gasteiger partial charge on any atom is -0.388 e. The molecular weight excluding hydrogens is 186 g/mol. The Bertz CT molecular complexity index is 227. The number of ether oxygens (including phenoxy) is 2. The summed E-state index contributed by atoms with van der Waals surface area (Å²) in [4.78, 5) is 0. The van der Waals surface area contributed by atoms with Crippen molar-refractivity contribution in [1.82, 2.24) is 0 Å². The van der Waals surface area contributed by atoms with Crippen LogP contribution < -0.4 is 0 Å². The third-order valence-corrected chi connectivity index (χ3v) is 2.98. The molecule has 0 saturated carbocycles. The van der Waals surface area contributed by atoms with E-state index in [1.165, 1.54) is 0 Å². The lowest BCUT2D eigenvalue weighted by atomic mass is 10.1. The van der Waals surface area contributed by atoms with Crippen molar-refractivity contribution in [3.63, 3.8) is 0 Å². The van der Waals surface area contributed by atoms with Crippen LogP contribution in [0.5, 0.6) is 0 Å². The molecule has 0 aromatic carbocycles. The van der Waals surface area contributed by atoms with Gasteiger partial charge in [-0.3, -0.25) is 0 Å². The van der Waals surface area contributed by atoms with Gasteiger partial charge in [-0.15, -0.1) is 0 Å². The van der Waals surface area contributed by atoms with E-state index in [4.69, 9.17) is 9.47 Å². The van der Waals surface area contributed by atoms with E-state index in [1.807, 2.05) is 21.1 Å². The lowest BCUT2D eigenvalue weighted by Crippen LogP contribution is -2.55. The van der Waals surface area contributed by atoms with Gasteiger partial charge in [0.1, 0.15) is 18.3 Å². The molecule has 5 nitrogen and oxygen atoms in total. The molecule has 2 rings (SSSR count). The molecule has 2 fully saturated rings. The van der Waals surface area contributed by atoms with Crippen molar-refractivity contribution in [3.8, 4) is 0 Å². The second-order valence-corrected chi connectivity index (χ2v) is 4.96. The molecule has 5 atom stereocenters. The average molecular weight is 204 g/mol. The van der Waals surface area contributed by atoms with E-state index in [1.54, 1.807) is 0 Å². The van der Waals surface area contributed by atoms with Gasteiger partial charge in [-0.25, -0.2) is 0 Å². The lowest BCUT2D eigenvalue weighted by Gasteiger charge is -2.34. The van der Waals surface area contributed by atoms with Gasteiger partial charge < -0.3 is 24.2 Å². The first-order valence-electron chi connectivity index (χ1n) is 4.85. The van der Waals surface area contributed by atoms with Gasteiger partial charge in [0.2, 0.25) is 6.29 Å². The van der Waals surface area contributed by atoms with Crippen LogP contribution in [0.25, 0.3) is 0 Å². The van der Waals surface area contributed by atoms with E-state index in [0.29, 0.717) is 11.1 Å². The van der Waals surface area contributed by atoms with Crippen molar-refractivity contribution in [1.29, 1.82) is 0 Å². The van der Waals surface area contributed by atoms with Crippen molar-refractivity contribution in [3.05, 3.63) is 0 Å². The first kappa shape index (κ1) is 10.3. The first-order chi connectivity index (χ1) is 6.41. The van der Waals surface area contributed by atoms with Crippen molar-refractivity contribution >= 4 is 0 Å². The zero-order valence-corrected chi connectivity index (χ0v) is 8.75. The van der Waals surface area contributed by atoms with Gasteiger partial charge in [-0.1, -0.05) is 0 Å². The molecule has 0 aromatic rings. The van der Waals surface area contributed by atoms with Gasteiger partial charge in [0.05, 0.1) is 27.7 Å². The molecule has 0 bridgehead atoms. The Morgan fingerprint density at radius 1 is 1.14 bits per heavy atom. The molecule has 2 saturated heterocycles. The number of hydrogen-bond acceptors (Lipinski definition) is 4. The highest BCUT2D eigenvalue weighted by molar-refractivity contribution is 4.96. The van der Waals surface area contributed by atoms with Gasteiger partial charge in [0.25, 0.3) is 0 Å². The molecule has 0 aliphatic carbocycles. The molecule has 5 heteroatoms. The van der Waals surface area contributed by atoms with Crippen LogP contribution in [0.1, 0.15) is 0 Å². The second kappa shape index (κ2) is 3.15. The fourth-order valence-corrected chi connectivity index (χ4v) is 2.31. The third kappa shape index (κ3) is 1.45. The Hall–Kier alpha value is -0.200. The summed E-state index contributed by atoms with van der Waals surface area (Å²) in [5.41, 5.74) is 0. The van der Waals surface area contributed by atoms with Crippen LogP contribution in [0.15, 0.2) is 0 Å². The summed E-state index contributed by atoms with van der Waals surface area (Å²) in [6, 6.07) is -0.128. The van der Waals surface area contributed by atoms with Crippen LogP contribution in [-0.4, -0.2) is 73.1 Å². The Morgan fingerprint density at radius 3 is 2.36 bits per heavy atom. The molecule has 0 amide bonds. The zero-order valence-electron chi connectivity index (χ0n) is 8.75. The maximum Gasteiger partial charge on any atom is 0.211 e. The van der Waals surface area contributed by atoms with Crippen LogP contribution >= 0.6 is 0 Å². The Kier molecular flexibility index (Phi) is 2.32. The number of hydrogen-bond donors (Lipinski definition) is 2. The average Bonchev–Trinajstić information content (AvgIpc) is 2.49. The molecule has 0 spiro atoms. The minimum absolute atomic E-state index is 0.128. The topological polar surface area (TPSA) is 58.9 Å². The summed E-state index contributed by atoms with van der Waals surface area (Å²) in [5.74, 6) is 0. The molecule has 0 unspecified atom stereocenters. The van der Waals surface area contributed by atoms with Crippen molar-refractivity contribution in [2.45, 2.75) is 30.6 Å². The van der Waals surface area contributed by atoms with Gasteiger partial charge in [-0.05, 0) is 0 Å². The molecule has 2 aliphatic rings. The van der Waals surface area contributed by atoms with E-state index in [9.17, 15) is 10.2 Å². The minimum atomic E-state index is -0.847. The molecular formula is C9H18NO4+. The Morgan fingerprint density at radius 2 is 1.79 bits per heavy atom. The summed E-state index contributed by atoms with van der Waals surface area (Å²) in [5, 5.41) is 19.3. The second-order valence-electron chi connectivity index (χ2n) is 4.96. The number of rotatable bonds is 1. The van der Waals surface area contributed by atoms with Gasteiger partial charge in [0, 0.05) is 0 Å². The van der Waals surface area contributed by atoms with Crippen LogP contribution in [0.3, 0.4) is 0 Å². The maximum atomic E-state index is 9.72. The van der Waals surface area contributed by atoms with Crippen LogP contribution in [0.4, 0.5) is 0 Å². The Balaban J connectivity index is 2.19. The van der Waals surface area contributed by atoms with Crippen molar-refractivity contribution < 1.29 is 24.2 Å². The summed E-state index contributed by atoms with van der Waals surface area (Å²) in [7, 11) is 5.94. The molecule has 0 radical (unpaired) electrons. The van der Waals surface area contributed by atoms with Gasteiger partial charge in [-0.2, -0.15) is 0 Å². The van der Waals surface area contributed by atoms with E-state index in [2.05, 4.69) is 0 Å². The number of nitrogens with zero attached hydrogens (tertiary/aromatic N) is 1. The maximum absolute atomic E-state index is 9.72. The van der Waals surface area contributed by atoms with E-state index in [-0.39, 0.29) is 18.2 Å². The lowest BCUT2D eigenvalue weighted by molar-refractivity contribution is -0.903. The van der Waals surface area contributed by atoms with Gasteiger partial charge in [0.15, 0.2) is 6.04 Å². The molecule has 82 valence electrons. The Labute approximate surface area is 83.4 Å². The van der Waals surface area contributed by atoms with E-state index in [0.717, 1.165) is 0 Å². The highest BCUT2D eigenvalue weighted by Crippen LogP contribution is 2.34. The SMILES string of the molecule is C[N+](C)(C)[C@H]1[C@@H]2OC[C@H](O)[C@@H]2O[C@@H]1O. The fraction of sp³-hybridized carbons (Fsp3) is 1.00. The standard InChI is InChI=1S/C9H18NO4/c1-10(2,3)6-8-7(14-9(6)12)5(11)4-13-8/h5-9,11-12H,4H2,1-3H3/q+1/t5-,6-,7-,8-,9-/m0/s1. The summed E-state index contributed by atoms with van der Waals surface area (Å²) in [6.45, 7) is 0.304. The number of likely N-dealkylation sites (N-methyl/N-ethyl adjacent to an activating group) is 1. The van der Waals surface area contributed by atoms with Gasteiger partial charge >= 0.3 is 0 Å². The summed E-state index contributed by atoms with van der Waals surface area (Å²) < 4.78 is 11.3. The predicted octanol–water partition coefficient (Wildman–Crippen LogP) is -1.46. The fourth-order valence-electron chi connectivity index (χ4n) is 2.31.